The van der Waals surface area contributed by atoms with Gasteiger partial charge in [0.25, 0.3) is 0 Å². The third-order valence-corrected chi connectivity index (χ3v) is 3.78. The van der Waals surface area contributed by atoms with Gasteiger partial charge in [-0.05, 0) is 11.4 Å². The highest BCUT2D eigenvalue weighted by atomic mass is 32.1. The van der Waals surface area contributed by atoms with E-state index in [1.807, 2.05) is 0 Å². The normalized spacial score (nSPS) is 10.2. The summed E-state index contributed by atoms with van der Waals surface area (Å²) in [5, 5.41) is 3.57. The summed E-state index contributed by atoms with van der Waals surface area (Å²) in [5.41, 5.74) is 0.725. The molecule has 23 heavy (non-hydrogen) atoms. The Morgan fingerprint density at radius 2 is 1.78 bits per heavy atom. The van der Waals surface area contributed by atoms with Crippen molar-refractivity contribution in [1.82, 2.24) is 0 Å². The maximum absolute atomic E-state index is 12.1. The Morgan fingerprint density at radius 3 is 2.30 bits per heavy atom. The van der Waals surface area contributed by atoms with Crippen LogP contribution in [0.5, 0.6) is 0 Å². The molecule has 0 N–H and O–H groups in total. The van der Waals surface area contributed by atoms with Crippen LogP contribution >= 0.6 is 11.3 Å². The van der Waals surface area contributed by atoms with Gasteiger partial charge in [-0.1, -0.05) is 0 Å². The smallest absolute Gasteiger partial charge is 0.374 e. The second kappa shape index (κ2) is 7.10. The van der Waals surface area contributed by atoms with Gasteiger partial charge in [-0.3, -0.25) is 4.79 Å². The topological polar surface area (TPSA) is 92.0 Å². The minimum atomic E-state index is -0.835. The zero-order valence-corrected chi connectivity index (χ0v) is 13.5. The molecule has 0 aromatic carbocycles. The minimum absolute atomic E-state index is 0.133. The number of furan rings is 1. The number of carbonyl (C=O) groups is 3. The van der Waals surface area contributed by atoms with E-state index in [1.54, 1.807) is 16.8 Å². The summed E-state index contributed by atoms with van der Waals surface area (Å²) in [6.45, 7) is 0. The van der Waals surface area contributed by atoms with E-state index in [0.29, 0.717) is 5.56 Å². The van der Waals surface area contributed by atoms with Crippen LogP contribution in [-0.4, -0.2) is 39.2 Å². The highest BCUT2D eigenvalue weighted by molar-refractivity contribution is 7.08. The highest BCUT2D eigenvalue weighted by Gasteiger charge is 2.32. The van der Waals surface area contributed by atoms with E-state index in [9.17, 15) is 14.4 Å². The van der Waals surface area contributed by atoms with Gasteiger partial charge in [0, 0.05) is 16.5 Å². The molecule has 0 aliphatic rings. The predicted octanol–water partition coefficient (Wildman–Crippen LogP) is 2.30. The summed E-state index contributed by atoms with van der Waals surface area (Å²) in [4.78, 5) is 35.7. The molecular weight excluding hydrogens is 324 g/mol. The molecule has 0 saturated heterocycles. The first-order chi connectivity index (χ1) is 11.0. The Morgan fingerprint density at radius 1 is 1.09 bits per heavy atom. The highest BCUT2D eigenvalue weighted by Crippen LogP contribution is 2.34. The number of thiophene rings is 1. The molecule has 8 heteroatoms. The van der Waals surface area contributed by atoms with Crippen molar-refractivity contribution in [2.45, 2.75) is 6.42 Å². The molecule has 0 aliphatic heterocycles. The van der Waals surface area contributed by atoms with Gasteiger partial charge in [-0.25, -0.2) is 9.59 Å². The lowest BCUT2D eigenvalue weighted by Crippen LogP contribution is -2.14. The van der Waals surface area contributed by atoms with Gasteiger partial charge in [0.15, 0.2) is 0 Å². The first-order valence-corrected chi connectivity index (χ1v) is 7.39. The SMILES string of the molecule is COC(=O)Cc1c(-c2ccsc2)oc(C(=O)OC)c1C(=O)OC. The third kappa shape index (κ3) is 3.26. The van der Waals surface area contributed by atoms with Crippen LogP contribution in [0.4, 0.5) is 0 Å². The van der Waals surface area contributed by atoms with E-state index in [-0.39, 0.29) is 29.1 Å². The second-order valence-corrected chi connectivity index (χ2v) is 5.14. The molecule has 122 valence electrons. The standard InChI is InChI=1S/C15H14O7S/c1-19-10(16)6-9-11(14(17)20-2)13(15(18)21-3)22-12(9)8-4-5-23-7-8/h4-5,7H,6H2,1-3H3. The van der Waals surface area contributed by atoms with Crippen LogP contribution in [0.15, 0.2) is 21.2 Å². The molecule has 0 saturated carbocycles. The van der Waals surface area contributed by atoms with Crippen molar-refractivity contribution in [3.05, 3.63) is 33.7 Å². The van der Waals surface area contributed by atoms with Crippen molar-refractivity contribution < 1.29 is 33.0 Å². The Kier molecular flexibility index (Phi) is 5.17. The van der Waals surface area contributed by atoms with Crippen LogP contribution in [0.3, 0.4) is 0 Å². The molecule has 0 aliphatic carbocycles. The molecule has 0 unspecified atom stereocenters. The molecule has 0 atom stereocenters. The summed E-state index contributed by atoms with van der Waals surface area (Å²) >= 11 is 1.40. The van der Waals surface area contributed by atoms with Crippen LogP contribution < -0.4 is 0 Å². The Bertz CT molecular complexity index is 727. The van der Waals surface area contributed by atoms with E-state index in [1.165, 1.54) is 25.6 Å². The third-order valence-electron chi connectivity index (χ3n) is 3.10. The molecule has 0 radical (unpaired) electrons. The molecule has 0 bridgehead atoms. The van der Waals surface area contributed by atoms with Crippen LogP contribution in [-0.2, 0) is 25.4 Å². The van der Waals surface area contributed by atoms with Gasteiger partial charge in [-0.2, -0.15) is 11.3 Å². The average Bonchev–Trinajstić information content (AvgIpc) is 3.20. The number of ether oxygens (including phenoxy) is 3. The Balaban J connectivity index is 2.70. The van der Waals surface area contributed by atoms with Crippen molar-refractivity contribution >= 4 is 29.2 Å². The number of methoxy groups -OCH3 is 3. The zero-order chi connectivity index (χ0) is 17.0. The molecule has 2 aromatic rings. The van der Waals surface area contributed by atoms with Crippen LogP contribution in [0, 0.1) is 0 Å². The molecule has 2 heterocycles. The van der Waals surface area contributed by atoms with Gasteiger partial charge < -0.3 is 18.6 Å². The van der Waals surface area contributed by atoms with Crippen molar-refractivity contribution in [3.8, 4) is 11.3 Å². The first-order valence-electron chi connectivity index (χ1n) is 6.45. The molecule has 0 fully saturated rings. The quantitative estimate of drug-likeness (QED) is 0.610. The van der Waals surface area contributed by atoms with Crippen molar-refractivity contribution in [2.24, 2.45) is 0 Å². The average molecular weight is 338 g/mol. The van der Waals surface area contributed by atoms with Gasteiger partial charge in [0.1, 0.15) is 11.3 Å². The molecule has 0 amide bonds. The van der Waals surface area contributed by atoms with Crippen molar-refractivity contribution in [1.29, 1.82) is 0 Å². The lowest BCUT2D eigenvalue weighted by molar-refractivity contribution is -0.139. The largest absolute Gasteiger partial charge is 0.469 e. The lowest BCUT2D eigenvalue weighted by Gasteiger charge is -2.03. The van der Waals surface area contributed by atoms with Crippen LogP contribution in [0.25, 0.3) is 11.3 Å². The number of rotatable bonds is 5. The molecular formula is C15H14O7S. The lowest BCUT2D eigenvalue weighted by atomic mass is 10.0. The molecule has 7 nitrogen and oxygen atoms in total. The van der Waals surface area contributed by atoms with E-state index in [4.69, 9.17) is 9.15 Å². The number of hydrogen-bond donors (Lipinski definition) is 0. The fraction of sp³-hybridized carbons (Fsp3) is 0.267. The summed E-state index contributed by atoms with van der Waals surface area (Å²) in [6.07, 6.45) is -0.243. The van der Waals surface area contributed by atoms with Gasteiger partial charge in [-0.15, -0.1) is 0 Å². The van der Waals surface area contributed by atoms with E-state index >= 15 is 0 Å². The maximum Gasteiger partial charge on any atom is 0.374 e. The van der Waals surface area contributed by atoms with Crippen LogP contribution in [0.1, 0.15) is 26.5 Å². The van der Waals surface area contributed by atoms with E-state index in [0.717, 1.165) is 7.11 Å². The van der Waals surface area contributed by atoms with E-state index < -0.39 is 17.9 Å². The summed E-state index contributed by atoms with van der Waals surface area (Å²) < 4.78 is 19.5. The molecule has 0 spiro atoms. The zero-order valence-electron chi connectivity index (χ0n) is 12.7. The predicted molar refractivity (Wildman–Crippen MR) is 80.4 cm³/mol. The maximum atomic E-state index is 12.1. The Labute approximate surface area is 135 Å². The van der Waals surface area contributed by atoms with Crippen molar-refractivity contribution in [2.75, 3.05) is 21.3 Å². The number of carbonyl (C=O) groups excluding carboxylic acids is 3. The van der Waals surface area contributed by atoms with Gasteiger partial charge in [0.05, 0.1) is 27.8 Å². The van der Waals surface area contributed by atoms with Crippen LogP contribution in [0.2, 0.25) is 0 Å². The van der Waals surface area contributed by atoms with Gasteiger partial charge >= 0.3 is 17.9 Å². The fourth-order valence-corrected chi connectivity index (χ4v) is 2.67. The number of hydrogen-bond acceptors (Lipinski definition) is 8. The molecule has 2 aromatic heterocycles. The minimum Gasteiger partial charge on any atom is -0.469 e. The summed E-state index contributed by atoms with van der Waals surface area (Å²) in [5.74, 6) is -2.28. The van der Waals surface area contributed by atoms with E-state index in [2.05, 4.69) is 9.47 Å². The summed E-state index contributed by atoms with van der Waals surface area (Å²) in [6, 6.07) is 1.74. The summed E-state index contributed by atoms with van der Waals surface area (Å²) in [7, 11) is 3.56. The Hall–Kier alpha value is -2.61. The monoisotopic (exact) mass is 338 g/mol. The molecule has 2 rings (SSSR count). The number of esters is 3. The van der Waals surface area contributed by atoms with Crippen molar-refractivity contribution in [3.63, 3.8) is 0 Å². The fourth-order valence-electron chi connectivity index (χ4n) is 2.03. The first kappa shape index (κ1) is 16.8. The second-order valence-electron chi connectivity index (χ2n) is 4.36. The van der Waals surface area contributed by atoms with Gasteiger partial charge in [0.2, 0.25) is 5.76 Å².